The van der Waals surface area contributed by atoms with Gasteiger partial charge in [0.1, 0.15) is 0 Å². The molecule has 1 heterocycles. The molecular weight excluding hydrogens is 214 g/mol. The third-order valence-electron chi connectivity index (χ3n) is 5.19. The van der Waals surface area contributed by atoms with Crippen LogP contribution in [0.15, 0.2) is 12.2 Å². The molecule has 0 aromatic rings. The van der Waals surface area contributed by atoms with Crippen molar-refractivity contribution in [3.8, 4) is 0 Å². The third kappa shape index (κ3) is 1.48. The Labute approximate surface area is 102 Å². The van der Waals surface area contributed by atoms with Gasteiger partial charge >= 0.3 is 0 Å². The van der Waals surface area contributed by atoms with Crippen LogP contribution in [0.3, 0.4) is 0 Å². The molecule has 92 valence electrons. The number of carbonyl (C=O) groups excluding carboxylic acids is 2. The summed E-state index contributed by atoms with van der Waals surface area (Å²) < 4.78 is 0. The number of carbonyl (C=O) groups is 2. The first kappa shape index (κ1) is 11.0. The van der Waals surface area contributed by atoms with Gasteiger partial charge in [-0.3, -0.25) is 14.5 Å². The van der Waals surface area contributed by atoms with Gasteiger partial charge in [-0.05, 0) is 49.9 Å². The zero-order valence-electron chi connectivity index (χ0n) is 10.5. The minimum absolute atomic E-state index is 0.0558. The molecule has 4 unspecified atom stereocenters. The standard InChI is InChI=1S/C14H19NO2/c1-9(15-12(16)3-4-13(15)17)11-7-10-5-6-14(11,2)8-10/h3-4,9-11H,5-8H2,1-2H3. The van der Waals surface area contributed by atoms with Gasteiger partial charge in [0.15, 0.2) is 0 Å². The molecule has 2 fully saturated rings. The molecule has 1 aliphatic heterocycles. The molecule has 0 saturated heterocycles. The van der Waals surface area contributed by atoms with E-state index in [1.165, 1.54) is 42.7 Å². The van der Waals surface area contributed by atoms with E-state index < -0.39 is 0 Å². The Morgan fingerprint density at radius 1 is 1.35 bits per heavy atom. The Bertz CT molecular complexity index is 396. The number of rotatable bonds is 2. The van der Waals surface area contributed by atoms with Gasteiger partial charge in [0.05, 0.1) is 0 Å². The molecule has 2 saturated carbocycles. The highest BCUT2D eigenvalue weighted by molar-refractivity contribution is 6.13. The first-order chi connectivity index (χ1) is 8.01. The smallest absolute Gasteiger partial charge is 0.253 e. The van der Waals surface area contributed by atoms with Gasteiger partial charge in [-0.2, -0.15) is 0 Å². The van der Waals surface area contributed by atoms with Crippen LogP contribution in [0.1, 0.15) is 39.5 Å². The molecule has 0 spiro atoms. The number of nitrogens with zero attached hydrogens (tertiary/aromatic N) is 1. The molecule has 0 radical (unpaired) electrons. The van der Waals surface area contributed by atoms with E-state index in [0.29, 0.717) is 11.3 Å². The van der Waals surface area contributed by atoms with Crippen LogP contribution in [0.25, 0.3) is 0 Å². The number of fused-ring (bicyclic) bond motifs is 2. The average molecular weight is 233 g/mol. The zero-order valence-corrected chi connectivity index (χ0v) is 10.5. The van der Waals surface area contributed by atoms with E-state index >= 15 is 0 Å². The monoisotopic (exact) mass is 233 g/mol. The van der Waals surface area contributed by atoms with Crippen molar-refractivity contribution in [3.05, 3.63) is 12.2 Å². The minimum Gasteiger partial charge on any atom is -0.272 e. The van der Waals surface area contributed by atoms with E-state index in [-0.39, 0.29) is 17.9 Å². The lowest BCUT2D eigenvalue weighted by atomic mass is 9.73. The van der Waals surface area contributed by atoms with E-state index in [1.807, 2.05) is 6.92 Å². The molecule has 2 bridgehead atoms. The SMILES string of the molecule is CC(C1CC2CCC1(C)C2)N1C(=O)C=CC1=O. The van der Waals surface area contributed by atoms with Crippen LogP contribution in [0.5, 0.6) is 0 Å². The summed E-state index contributed by atoms with van der Waals surface area (Å²) in [7, 11) is 0. The van der Waals surface area contributed by atoms with Gasteiger partial charge in [-0.25, -0.2) is 0 Å². The van der Waals surface area contributed by atoms with Crippen molar-refractivity contribution in [1.29, 1.82) is 0 Å². The molecule has 3 heteroatoms. The maximum Gasteiger partial charge on any atom is 0.253 e. The number of imide groups is 1. The Morgan fingerprint density at radius 2 is 2.00 bits per heavy atom. The molecule has 4 atom stereocenters. The summed E-state index contributed by atoms with van der Waals surface area (Å²) in [6.45, 7) is 4.37. The van der Waals surface area contributed by atoms with E-state index in [2.05, 4.69) is 6.92 Å². The molecule has 17 heavy (non-hydrogen) atoms. The lowest BCUT2D eigenvalue weighted by molar-refractivity contribution is -0.141. The van der Waals surface area contributed by atoms with Crippen molar-refractivity contribution in [2.24, 2.45) is 17.3 Å². The summed E-state index contributed by atoms with van der Waals surface area (Å²) in [5, 5.41) is 0. The number of hydrogen-bond donors (Lipinski definition) is 0. The molecule has 3 rings (SSSR count). The molecule has 3 nitrogen and oxygen atoms in total. The topological polar surface area (TPSA) is 37.4 Å². The molecule has 2 amide bonds. The van der Waals surface area contributed by atoms with Crippen molar-refractivity contribution >= 4 is 11.8 Å². The van der Waals surface area contributed by atoms with E-state index in [1.54, 1.807) is 0 Å². The predicted molar refractivity (Wildman–Crippen MR) is 64.0 cm³/mol. The van der Waals surface area contributed by atoms with Gasteiger partial charge in [-0.1, -0.05) is 6.92 Å². The molecule has 0 aromatic carbocycles. The summed E-state index contributed by atoms with van der Waals surface area (Å²) >= 11 is 0. The van der Waals surface area contributed by atoms with E-state index in [9.17, 15) is 9.59 Å². The van der Waals surface area contributed by atoms with Crippen LogP contribution < -0.4 is 0 Å². The zero-order chi connectivity index (χ0) is 12.2. The molecule has 0 aromatic heterocycles. The normalized spacial score (nSPS) is 41.6. The fourth-order valence-corrected chi connectivity index (χ4v) is 4.35. The van der Waals surface area contributed by atoms with Gasteiger partial charge in [0.25, 0.3) is 11.8 Å². The first-order valence-corrected chi connectivity index (χ1v) is 6.56. The fraction of sp³-hybridized carbons (Fsp3) is 0.714. The summed E-state index contributed by atoms with van der Waals surface area (Å²) in [5.74, 6) is 1.06. The van der Waals surface area contributed by atoms with Crippen LogP contribution in [0, 0.1) is 17.3 Å². The van der Waals surface area contributed by atoms with E-state index in [4.69, 9.17) is 0 Å². The third-order valence-corrected chi connectivity index (χ3v) is 5.19. The molecular formula is C14H19NO2. The second-order valence-electron chi connectivity index (χ2n) is 6.23. The van der Waals surface area contributed by atoms with Gasteiger partial charge < -0.3 is 0 Å². The Kier molecular flexibility index (Phi) is 2.22. The summed E-state index contributed by atoms with van der Waals surface area (Å²) in [4.78, 5) is 24.9. The quantitative estimate of drug-likeness (QED) is 0.685. The van der Waals surface area contributed by atoms with Crippen molar-refractivity contribution < 1.29 is 9.59 Å². The highest BCUT2D eigenvalue weighted by Crippen LogP contribution is 2.59. The van der Waals surface area contributed by atoms with Gasteiger partial charge in [0, 0.05) is 18.2 Å². The molecule has 3 aliphatic rings. The van der Waals surface area contributed by atoms with E-state index in [0.717, 1.165) is 5.92 Å². The summed E-state index contributed by atoms with van der Waals surface area (Å²) in [5.41, 5.74) is 0.354. The number of hydrogen-bond acceptors (Lipinski definition) is 2. The summed E-state index contributed by atoms with van der Waals surface area (Å²) in [6, 6.07) is 0.0558. The fourth-order valence-electron chi connectivity index (χ4n) is 4.35. The van der Waals surface area contributed by atoms with Crippen molar-refractivity contribution in [2.45, 2.75) is 45.6 Å². The van der Waals surface area contributed by atoms with Crippen molar-refractivity contribution in [3.63, 3.8) is 0 Å². The highest BCUT2D eigenvalue weighted by Gasteiger charge is 2.52. The number of amides is 2. The van der Waals surface area contributed by atoms with Crippen LogP contribution in [-0.4, -0.2) is 22.8 Å². The Morgan fingerprint density at radius 3 is 2.47 bits per heavy atom. The molecule has 2 aliphatic carbocycles. The van der Waals surface area contributed by atoms with Crippen LogP contribution in [0.2, 0.25) is 0 Å². The second-order valence-corrected chi connectivity index (χ2v) is 6.23. The lowest BCUT2D eigenvalue weighted by Gasteiger charge is -2.39. The Hall–Kier alpha value is -1.12. The lowest BCUT2D eigenvalue weighted by Crippen LogP contribution is -2.46. The van der Waals surface area contributed by atoms with Gasteiger partial charge in [-0.15, -0.1) is 0 Å². The van der Waals surface area contributed by atoms with Crippen LogP contribution >= 0.6 is 0 Å². The molecule has 0 N–H and O–H groups in total. The van der Waals surface area contributed by atoms with Crippen molar-refractivity contribution in [1.82, 2.24) is 4.90 Å². The predicted octanol–water partition coefficient (Wildman–Crippen LogP) is 2.13. The largest absolute Gasteiger partial charge is 0.272 e. The van der Waals surface area contributed by atoms with Crippen LogP contribution in [-0.2, 0) is 9.59 Å². The second kappa shape index (κ2) is 3.44. The maximum atomic E-state index is 11.7. The first-order valence-electron chi connectivity index (χ1n) is 6.56. The van der Waals surface area contributed by atoms with Gasteiger partial charge in [0.2, 0.25) is 0 Å². The van der Waals surface area contributed by atoms with Crippen LogP contribution in [0.4, 0.5) is 0 Å². The Balaban J connectivity index is 1.82. The maximum absolute atomic E-state index is 11.7. The summed E-state index contributed by atoms with van der Waals surface area (Å²) in [6.07, 6.45) is 7.86. The minimum atomic E-state index is -0.131. The van der Waals surface area contributed by atoms with Crippen molar-refractivity contribution in [2.75, 3.05) is 0 Å². The highest BCUT2D eigenvalue weighted by atomic mass is 16.2. The average Bonchev–Trinajstić information content (AvgIpc) is 2.90.